The molecule has 4 amide bonds. The molecule has 2 N–H and O–H groups in total. The number of nitrogens with zero attached hydrogens (tertiary/aromatic N) is 1. The molecule has 9 heteroatoms. The predicted molar refractivity (Wildman–Crippen MR) is 71.9 cm³/mol. The van der Waals surface area contributed by atoms with Crippen LogP contribution in [0.15, 0.2) is 29.2 Å². The van der Waals surface area contributed by atoms with Gasteiger partial charge in [-0.2, -0.15) is 0 Å². The molecule has 1 aromatic rings. The van der Waals surface area contributed by atoms with Crippen LogP contribution in [0.3, 0.4) is 0 Å². The number of fused-ring (bicyclic) bond motifs is 1. The van der Waals surface area contributed by atoms with E-state index in [0.29, 0.717) is 10.8 Å². The average molecular weight is 311 g/mol. The van der Waals surface area contributed by atoms with Crippen LogP contribution in [0.1, 0.15) is 17.3 Å². The van der Waals surface area contributed by atoms with Crippen LogP contribution < -0.4 is 10.6 Å². The number of imide groups is 1. The number of carbonyl (C=O) groups is 3. The van der Waals surface area contributed by atoms with Crippen LogP contribution in [0.25, 0.3) is 0 Å². The molecule has 0 atom stereocenters. The van der Waals surface area contributed by atoms with Crippen molar-refractivity contribution >= 4 is 27.9 Å². The van der Waals surface area contributed by atoms with Crippen LogP contribution in [0.5, 0.6) is 0 Å². The molecular weight excluding hydrogens is 298 g/mol. The van der Waals surface area contributed by atoms with E-state index in [9.17, 15) is 22.8 Å². The van der Waals surface area contributed by atoms with E-state index >= 15 is 0 Å². The molecule has 0 unspecified atom stereocenters. The van der Waals surface area contributed by atoms with Crippen LogP contribution in [0.2, 0.25) is 0 Å². The molecule has 1 aliphatic heterocycles. The first kappa shape index (κ1) is 15.0. The van der Waals surface area contributed by atoms with E-state index in [1.54, 1.807) is 6.92 Å². The quantitative estimate of drug-likeness (QED) is 0.794. The van der Waals surface area contributed by atoms with Crippen molar-refractivity contribution in [3.63, 3.8) is 0 Å². The molecule has 1 aliphatic rings. The van der Waals surface area contributed by atoms with Gasteiger partial charge in [0.05, 0.1) is 5.56 Å². The van der Waals surface area contributed by atoms with Crippen LogP contribution in [0, 0.1) is 0 Å². The highest BCUT2D eigenvalue weighted by molar-refractivity contribution is 7.90. The van der Waals surface area contributed by atoms with E-state index < -0.39 is 34.4 Å². The SMILES string of the molecule is CCNC(=O)NC(=O)CN1C(=O)c2ccccc2S1(=O)=O. The second kappa shape index (κ2) is 5.52. The Balaban J connectivity index is 2.18. The summed E-state index contributed by atoms with van der Waals surface area (Å²) in [6, 6.07) is 4.94. The zero-order valence-corrected chi connectivity index (χ0v) is 11.9. The fourth-order valence-corrected chi connectivity index (χ4v) is 3.41. The van der Waals surface area contributed by atoms with Gasteiger partial charge in [-0.25, -0.2) is 17.5 Å². The van der Waals surface area contributed by atoms with Gasteiger partial charge in [-0.15, -0.1) is 0 Å². The van der Waals surface area contributed by atoms with Crippen molar-refractivity contribution in [3.05, 3.63) is 29.8 Å². The largest absolute Gasteiger partial charge is 0.338 e. The minimum atomic E-state index is -4.05. The van der Waals surface area contributed by atoms with Crippen molar-refractivity contribution in [1.29, 1.82) is 0 Å². The summed E-state index contributed by atoms with van der Waals surface area (Å²) in [6.07, 6.45) is 0. The molecule has 112 valence electrons. The second-order valence-electron chi connectivity index (χ2n) is 4.22. The molecule has 0 aromatic heterocycles. The van der Waals surface area contributed by atoms with E-state index in [0.717, 1.165) is 0 Å². The summed E-state index contributed by atoms with van der Waals surface area (Å²) in [6.45, 7) is 1.23. The lowest BCUT2D eigenvalue weighted by molar-refractivity contribution is -0.119. The molecule has 0 spiro atoms. The molecule has 2 rings (SSSR count). The number of amides is 4. The van der Waals surface area contributed by atoms with Crippen LogP contribution in [-0.4, -0.2) is 43.7 Å². The Morgan fingerprint density at radius 1 is 1.24 bits per heavy atom. The topological polar surface area (TPSA) is 113 Å². The van der Waals surface area contributed by atoms with Crippen molar-refractivity contribution in [1.82, 2.24) is 14.9 Å². The van der Waals surface area contributed by atoms with Crippen molar-refractivity contribution < 1.29 is 22.8 Å². The van der Waals surface area contributed by atoms with Gasteiger partial charge in [-0.05, 0) is 19.1 Å². The third kappa shape index (κ3) is 2.72. The maximum atomic E-state index is 12.2. The fraction of sp³-hybridized carbons (Fsp3) is 0.250. The first-order chi connectivity index (χ1) is 9.87. The van der Waals surface area contributed by atoms with Crippen molar-refractivity contribution in [3.8, 4) is 0 Å². The summed E-state index contributed by atoms with van der Waals surface area (Å²) in [4.78, 5) is 34.7. The number of carbonyl (C=O) groups excluding carboxylic acids is 3. The summed E-state index contributed by atoms with van der Waals surface area (Å²) < 4.78 is 24.8. The lowest BCUT2D eigenvalue weighted by atomic mass is 10.2. The number of hydrogen-bond donors (Lipinski definition) is 2. The third-order valence-corrected chi connectivity index (χ3v) is 4.58. The highest BCUT2D eigenvalue weighted by atomic mass is 32.2. The van der Waals surface area contributed by atoms with E-state index in [1.807, 2.05) is 5.32 Å². The molecule has 0 bridgehead atoms. The molecule has 0 radical (unpaired) electrons. The van der Waals surface area contributed by atoms with Gasteiger partial charge in [-0.1, -0.05) is 12.1 Å². The summed E-state index contributed by atoms with van der Waals surface area (Å²) in [5.41, 5.74) is 0.0170. The summed E-state index contributed by atoms with van der Waals surface area (Å²) in [5, 5.41) is 4.27. The highest BCUT2D eigenvalue weighted by Gasteiger charge is 2.41. The van der Waals surface area contributed by atoms with Gasteiger partial charge < -0.3 is 5.32 Å². The normalized spacial score (nSPS) is 15.5. The molecule has 1 aromatic carbocycles. The summed E-state index contributed by atoms with van der Waals surface area (Å²) in [7, 11) is -4.05. The molecule has 0 fully saturated rings. The standard InChI is InChI=1S/C12H13N3O5S/c1-2-13-12(18)14-10(16)7-15-11(17)8-5-3-4-6-9(8)21(15,19)20/h3-6H,2,7H2,1H3,(H2,13,14,16,18). The van der Waals surface area contributed by atoms with Gasteiger partial charge in [0.1, 0.15) is 11.4 Å². The Labute approximate surface area is 121 Å². The fourth-order valence-electron chi connectivity index (χ4n) is 1.89. The smallest absolute Gasteiger partial charge is 0.321 e. The minimum absolute atomic E-state index is 0.0170. The van der Waals surface area contributed by atoms with Crippen molar-refractivity contribution in [2.75, 3.05) is 13.1 Å². The first-order valence-electron chi connectivity index (χ1n) is 6.11. The van der Waals surface area contributed by atoms with Crippen molar-refractivity contribution in [2.24, 2.45) is 0 Å². The van der Waals surface area contributed by atoms with Crippen LogP contribution in [0.4, 0.5) is 4.79 Å². The Hall–Kier alpha value is -2.42. The van der Waals surface area contributed by atoms with E-state index in [2.05, 4.69) is 5.32 Å². The van der Waals surface area contributed by atoms with E-state index in [4.69, 9.17) is 0 Å². The van der Waals surface area contributed by atoms with Gasteiger partial charge in [0.2, 0.25) is 5.91 Å². The van der Waals surface area contributed by atoms with Crippen LogP contribution >= 0.6 is 0 Å². The van der Waals surface area contributed by atoms with Crippen LogP contribution in [-0.2, 0) is 14.8 Å². The molecule has 1 heterocycles. The summed E-state index contributed by atoms with van der Waals surface area (Å²) in [5.74, 6) is -1.66. The lowest BCUT2D eigenvalue weighted by Gasteiger charge is -2.14. The first-order valence-corrected chi connectivity index (χ1v) is 7.55. The number of rotatable bonds is 3. The molecule has 0 saturated carbocycles. The van der Waals surface area contributed by atoms with Gasteiger partial charge in [-0.3, -0.25) is 14.9 Å². The summed E-state index contributed by atoms with van der Waals surface area (Å²) >= 11 is 0. The monoisotopic (exact) mass is 311 g/mol. The molecule has 0 saturated heterocycles. The maximum absolute atomic E-state index is 12.2. The zero-order chi connectivity index (χ0) is 15.6. The van der Waals surface area contributed by atoms with Gasteiger partial charge in [0.25, 0.3) is 15.9 Å². The average Bonchev–Trinajstić information content (AvgIpc) is 2.61. The predicted octanol–water partition coefficient (Wildman–Crippen LogP) is -0.323. The number of urea groups is 1. The number of hydrogen-bond acceptors (Lipinski definition) is 5. The number of benzene rings is 1. The maximum Gasteiger partial charge on any atom is 0.321 e. The highest BCUT2D eigenvalue weighted by Crippen LogP contribution is 2.29. The van der Waals surface area contributed by atoms with E-state index in [1.165, 1.54) is 24.3 Å². The van der Waals surface area contributed by atoms with E-state index in [-0.39, 0.29) is 10.5 Å². The molecule has 8 nitrogen and oxygen atoms in total. The molecular formula is C12H13N3O5S. The Morgan fingerprint density at radius 3 is 2.52 bits per heavy atom. The lowest BCUT2D eigenvalue weighted by Crippen LogP contribution is -2.45. The van der Waals surface area contributed by atoms with Gasteiger partial charge >= 0.3 is 6.03 Å². The number of nitrogens with one attached hydrogen (secondary N) is 2. The Kier molecular flexibility index (Phi) is 3.94. The molecule has 21 heavy (non-hydrogen) atoms. The zero-order valence-electron chi connectivity index (χ0n) is 11.1. The number of sulfonamides is 1. The second-order valence-corrected chi connectivity index (χ2v) is 6.05. The minimum Gasteiger partial charge on any atom is -0.338 e. The Morgan fingerprint density at radius 2 is 1.90 bits per heavy atom. The van der Waals surface area contributed by atoms with Gasteiger partial charge in [0.15, 0.2) is 0 Å². The molecule has 0 aliphatic carbocycles. The van der Waals surface area contributed by atoms with Crippen molar-refractivity contribution in [2.45, 2.75) is 11.8 Å². The van der Waals surface area contributed by atoms with Gasteiger partial charge in [0, 0.05) is 6.54 Å². The Bertz CT molecular complexity index is 713. The third-order valence-electron chi connectivity index (χ3n) is 2.79.